The first-order valence-electron chi connectivity index (χ1n) is 6.52. The Morgan fingerprint density at radius 2 is 1.94 bits per heavy atom. The lowest BCUT2D eigenvalue weighted by Gasteiger charge is -2.35. The summed E-state index contributed by atoms with van der Waals surface area (Å²) in [6.45, 7) is 4.51. The van der Waals surface area contributed by atoms with Gasteiger partial charge in [0.15, 0.2) is 0 Å². The first kappa shape index (κ1) is 13.3. The molecule has 2 aliphatic rings. The van der Waals surface area contributed by atoms with Crippen molar-refractivity contribution in [2.75, 3.05) is 26.2 Å². The Kier molecular flexibility index (Phi) is 4.07. The molecule has 0 aromatic rings. The first-order chi connectivity index (χ1) is 8.05. The Bertz CT molecular complexity index is 358. The molecule has 0 amide bonds. The summed E-state index contributed by atoms with van der Waals surface area (Å²) in [4.78, 5) is 0. The summed E-state index contributed by atoms with van der Waals surface area (Å²) in [6, 6.07) is 0.151. The zero-order valence-corrected chi connectivity index (χ0v) is 11.3. The van der Waals surface area contributed by atoms with Gasteiger partial charge in [0.2, 0.25) is 0 Å². The van der Waals surface area contributed by atoms with Gasteiger partial charge in [0.25, 0.3) is 10.2 Å². The van der Waals surface area contributed by atoms with Gasteiger partial charge in [0, 0.05) is 25.7 Å². The summed E-state index contributed by atoms with van der Waals surface area (Å²) in [6.07, 6.45) is 3.95. The van der Waals surface area contributed by atoms with Gasteiger partial charge in [-0.1, -0.05) is 0 Å². The quantitative estimate of drug-likeness (QED) is 0.799. The Morgan fingerprint density at radius 1 is 1.24 bits per heavy atom. The molecule has 0 aromatic heterocycles. The predicted molar refractivity (Wildman–Crippen MR) is 67.7 cm³/mol. The van der Waals surface area contributed by atoms with Crippen molar-refractivity contribution in [3.63, 3.8) is 0 Å². The molecule has 0 aromatic carbocycles. The Balaban J connectivity index is 2.09. The normalized spacial score (nSPS) is 33.1. The fourth-order valence-electron chi connectivity index (χ4n) is 2.83. The standard InChI is InChI=1S/C11H23N3O2S/c1-10-4-2-7-14(10)17(15,16)13-6-3-5-11(8-12)9-13/h10-11H,2-9,12H2,1H3. The van der Waals surface area contributed by atoms with Crippen molar-refractivity contribution >= 4 is 10.2 Å². The van der Waals surface area contributed by atoms with Crippen LogP contribution in [0.5, 0.6) is 0 Å². The SMILES string of the molecule is CC1CCCN1S(=O)(=O)N1CCCC(CN)C1. The van der Waals surface area contributed by atoms with Crippen LogP contribution in [0.2, 0.25) is 0 Å². The van der Waals surface area contributed by atoms with Crippen LogP contribution in [0.1, 0.15) is 32.6 Å². The van der Waals surface area contributed by atoms with E-state index >= 15 is 0 Å². The lowest BCUT2D eigenvalue weighted by Crippen LogP contribution is -2.49. The highest BCUT2D eigenvalue weighted by Crippen LogP contribution is 2.26. The molecule has 2 aliphatic heterocycles. The Hall–Kier alpha value is -0.170. The van der Waals surface area contributed by atoms with Crippen LogP contribution in [0, 0.1) is 5.92 Å². The average Bonchev–Trinajstić information content (AvgIpc) is 2.76. The van der Waals surface area contributed by atoms with E-state index in [-0.39, 0.29) is 6.04 Å². The number of nitrogens with zero attached hydrogens (tertiary/aromatic N) is 2. The fourth-order valence-corrected chi connectivity index (χ4v) is 4.80. The van der Waals surface area contributed by atoms with Gasteiger partial charge in [-0.3, -0.25) is 0 Å². The van der Waals surface area contributed by atoms with Gasteiger partial charge in [-0.15, -0.1) is 0 Å². The lowest BCUT2D eigenvalue weighted by molar-refractivity contribution is 0.249. The van der Waals surface area contributed by atoms with Crippen LogP contribution >= 0.6 is 0 Å². The molecule has 2 atom stereocenters. The van der Waals surface area contributed by atoms with Crippen LogP contribution in [0.25, 0.3) is 0 Å². The van der Waals surface area contributed by atoms with Crippen LogP contribution in [-0.4, -0.2) is 49.2 Å². The minimum atomic E-state index is -3.24. The van der Waals surface area contributed by atoms with Gasteiger partial charge in [0.1, 0.15) is 0 Å². The Morgan fingerprint density at radius 3 is 2.53 bits per heavy atom. The van der Waals surface area contributed by atoms with Gasteiger partial charge in [0.05, 0.1) is 0 Å². The minimum absolute atomic E-state index is 0.151. The smallest absolute Gasteiger partial charge is 0.282 e. The fraction of sp³-hybridized carbons (Fsp3) is 1.00. The predicted octanol–water partition coefficient (Wildman–Crippen LogP) is 0.386. The van der Waals surface area contributed by atoms with Crippen LogP contribution in [0.4, 0.5) is 0 Å². The van der Waals surface area contributed by atoms with Crippen molar-refractivity contribution in [3.05, 3.63) is 0 Å². The third-order valence-corrected chi connectivity index (χ3v) is 6.05. The van der Waals surface area contributed by atoms with E-state index in [1.54, 1.807) is 8.61 Å². The molecule has 0 saturated carbocycles. The largest absolute Gasteiger partial charge is 0.330 e. The molecule has 2 fully saturated rings. The van der Waals surface area contributed by atoms with Crippen LogP contribution in [0.3, 0.4) is 0 Å². The molecular formula is C11H23N3O2S. The summed E-state index contributed by atoms with van der Waals surface area (Å²) >= 11 is 0. The van der Waals surface area contributed by atoms with Gasteiger partial charge < -0.3 is 5.73 Å². The van der Waals surface area contributed by atoms with Crippen molar-refractivity contribution in [3.8, 4) is 0 Å². The number of hydrogen-bond acceptors (Lipinski definition) is 3. The molecule has 0 radical (unpaired) electrons. The first-order valence-corrected chi connectivity index (χ1v) is 7.92. The van der Waals surface area contributed by atoms with E-state index in [0.717, 1.165) is 25.7 Å². The van der Waals surface area contributed by atoms with Crippen LogP contribution < -0.4 is 5.73 Å². The molecule has 6 heteroatoms. The van der Waals surface area contributed by atoms with Gasteiger partial charge in [-0.2, -0.15) is 17.0 Å². The molecule has 0 spiro atoms. The maximum absolute atomic E-state index is 12.5. The lowest BCUT2D eigenvalue weighted by atomic mass is 10.0. The summed E-state index contributed by atoms with van der Waals surface area (Å²) < 4.78 is 28.2. The molecule has 5 nitrogen and oxygen atoms in total. The van der Waals surface area contributed by atoms with Crippen LogP contribution in [-0.2, 0) is 10.2 Å². The highest BCUT2D eigenvalue weighted by atomic mass is 32.2. The zero-order valence-electron chi connectivity index (χ0n) is 10.5. The van der Waals surface area contributed by atoms with E-state index in [2.05, 4.69) is 0 Å². The monoisotopic (exact) mass is 261 g/mol. The summed E-state index contributed by atoms with van der Waals surface area (Å²) in [5, 5.41) is 0. The maximum Gasteiger partial charge on any atom is 0.282 e. The van der Waals surface area contributed by atoms with Gasteiger partial charge in [-0.05, 0) is 45.1 Å². The van der Waals surface area contributed by atoms with Crippen molar-refractivity contribution in [2.45, 2.75) is 38.6 Å². The van der Waals surface area contributed by atoms with Crippen LogP contribution in [0.15, 0.2) is 0 Å². The molecule has 0 bridgehead atoms. The second-order valence-electron chi connectivity index (χ2n) is 5.21. The van der Waals surface area contributed by atoms with E-state index < -0.39 is 10.2 Å². The average molecular weight is 261 g/mol. The van der Waals surface area contributed by atoms with Crippen molar-refractivity contribution in [2.24, 2.45) is 11.7 Å². The van der Waals surface area contributed by atoms with E-state index in [4.69, 9.17) is 5.73 Å². The van der Waals surface area contributed by atoms with Crippen molar-refractivity contribution < 1.29 is 8.42 Å². The zero-order chi connectivity index (χ0) is 12.5. The van der Waals surface area contributed by atoms with E-state index in [9.17, 15) is 8.42 Å². The van der Waals surface area contributed by atoms with E-state index in [1.807, 2.05) is 6.92 Å². The third kappa shape index (κ3) is 2.65. The van der Waals surface area contributed by atoms with Crippen molar-refractivity contribution in [1.82, 2.24) is 8.61 Å². The van der Waals surface area contributed by atoms with Gasteiger partial charge in [-0.25, -0.2) is 0 Å². The van der Waals surface area contributed by atoms with Gasteiger partial charge >= 0.3 is 0 Å². The summed E-state index contributed by atoms with van der Waals surface area (Å²) in [7, 11) is -3.24. The summed E-state index contributed by atoms with van der Waals surface area (Å²) in [5.41, 5.74) is 5.65. The molecule has 2 rings (SSSR count). The molecular weight excluding hydrogens is 238 g/mol. The number of rotatable bonds is 3. The van der Waals surface area contributed by atoms with E-state index in [1.165, 1.54) is 0 Å². The second-order valence-corrected chi connectivity index (χ2v) is 7.09. The molecule has 0 aliphatic carbocycles. The Labute approximate surface area is 104 Å². The molecule has 100 valence electrons. The number of hydrogen-bond donors (Lipinski definition) is 1. The topological polar surface area (TPSA) is 66.6 Å². The minimum Gasteiger partial charge on any atom is -0.330 e. The second kappa shape index (κ2) is 5.22. The van der Waals surface area contributed by atoms with E-state index in [0.29, 0.717) is 32.1 Å². The highest BCUT2D eigenvalue weighted by molar-refractivity contribution is 7.86. The number of piperidine rings is 1. The molecule has 2 heterocycles. The molecule has 17 heavy (non-hydrogen) atoms. The third-order valence-electron chi connectivity index (χ3n) is 3.93. The molecule has 2 unspecified atom stereocenters. The maximum atomic E-state index is 12.5. The highest BCUT2D eigenvalue weighted by Gasteiger charge is 2.37. The number of nitrogens with two attached hydrogens (primary N) is 1. The van der Waals surface area contributed by atoms with Crippen molar-refractivity contribution in [1.29, 1.82) is 0 Å². The molecule has 2 saturated heterocycles. The molecule has 2 N–H and O–H groups in total. The summed E-state index contributed by atoms with van der Waals surface area (Å²) in [5.74, 6) is 0.330.